The number of anilines is 1. The number of rotatable bonds is 3. The van der Waals surface area contributed by atoms with Crippen LogP contribution in [0.5, 0.6) is 0 Å². The van der Waals surface area contributed by atoms with E-state index in [4.69, 9.17) is 11.6 Å². The van der Waals surface area contributed by atoms with Crippen LogP contribution in [-0.2, 0) is 9.59 Å². The van der Waals surface area contributed by atoms with Crippen molar-refractivity contribution in [1.29, 1.82) is 0 Å². The second-order valence-electron chi connectivity index (χ2n) is 5.57. The number of benzene rings is 1. The van der Waals surface area contributed by atoms with Crippen LogP contribution in [-0.4, -0.2) is 28.8 Å². The Hall–Kier alpha value is -1.07. The fourth-order valence-electron chi connectivity index (χ4n) is 3.10. The van der Waals surface area contributed by atoms with E-state index in [0.717, 1.165) is 30.2 Å². The molecule has 0 radical (unpaired) electrons. The third-order valence-electron chi connectivity index (χ3n) is 4.13. The summed E-state index contributed by atoms with van der Waals surface area (Å²) in [7, 11) is 0. The number of likely N-dealkylation sites (tertiary alicyclic amines) is 1. The number of hydrogen-bond acceptors (Lipinski definition) is 3. The second kappa shape index (κ2) is 5.97. The van der Waals surface area contributed by atoms with Crippen molar-refractivity contribution in [2.24, 2.45) is 0 Å². The Bertz CT molecular complexity index is 587. The van der Waals surface area contributed by atoms with Crippen molar-refractivity contribution in [2.75, 3.05) is 5.32 Å². The molecule has 1 heterocycles. The highest BCUT2D eigenvalue weighted by molar-refractivity contribution is 9.10. The monoisotopic (exact) mass is 370 g/mol. The van der Waals surface area contributed by atoms with Gasteiger partial charge in [-0.1, -0.05) is 40.4 Å². The van der Waals surface area contributed by atoms with Crippen LogP contribution in [0, 0.1) is 0 Å². The zero-order valence-corrected chi connectivity index (χ0v) is 13.8. The number of halogens is 2. The first-order chi connectivity index (χ1) is 10.1. The summed E-state index contributed by atoms with van der Waals surface area (Å²) < 4.78 is 0.874. The molecule has 0 bridgehead atoms. The molecule has 0 spiro atoms. The topological polar surface area (TPSA) is 49.4 Å². The third-order valence-corrected chi connectivity index (χ3v) is 4.94. The molecule has 112 valence electrons. The maximum Gasteiger partial charge on any atom is 0.252 e. The summed E-state index contributed by atoms with van der Waals surface area (Å²) in [6.45, 7) is 0. The van der Waals surface area contributed by atoms with Crippen molar-refractivity contribution in [3.63, 3.8) is 0 Å². The molecule has 1 aromatic rings. The van der Waals surface area contributed by atoms with Crippen LogP contribution in [0.15, 0.2) is 22.7 Å². The summed E-state index contributed by atoms with van der Waals surface area (Å²) in [6.07, 6.45) is 4.27. The Kier molecular flexibility index (Phi) is 4.22. The summed E-state index contributed by atoms with van der Waals surface area (Å²) in [5, 5.41) is 3.64. The highest BCUT2D eigenvalue weighted by atomic mass is 79.9. The molecule has 1 aliphatic carbocycles. The number of carbonyl (C=O) groups is 2. The largest absolute Gasteiger partial charge is 0.372 e. The summed E-state index contributed by atoms with van der Waals surface area (Å²) >= 11 is 9.50. The van der Waals surface area contributed by atoms with Crippen LogP contribution in [0.1, 0.15) is 32.1 Å². The molecule has 1 atom stereocenters. The fourth-order valence-corrected chi connectivity index (χ4v) is 3.83. The summed E-state index contributed by atoms with van der Waals surface area (Å²) in [4.78, 5) is 26.1. The molecule has 3 rings (SSSR count). The lowest BCUT2D eigenvalue weighted by molar-refractivity contribution is -0.141. The lowest BCUT2D eigenvalue weighted by Crippen LogP contribution is -2.40. The number of carbonyl (C=O) groups excluding carboxylic acids is 2. The average Bonchev–Trinajstić information content (AvgIpc) is 3.02. The first-order valence-corrected chi connectivity index (χ1v) is 8.31. The minimum atomic E-state index is -0.503. The molecule has 21 heavy (non-hydrogen) atoms. The summed E-state index contributed by atoms with van der Waals surface area (Å²) in [6, 6.07) is 5.01. The zero-order chi connectivity index (χ0) is 15.0. The van der Waals surface area contributed by atoms with E-state index in [1.54, 1.807) is 6.07 Å². The van der Waals surface area contributed by atoms with Crippen molar-refractivity contribution >= 4 is 45.0 Å². The van der Waals surface area contributed by atoms with Gasteiger partial charge in [0.05, 0.1) is 17.1 Å². The van der Waals surface area contributed by atoms with E-state index >= 15 is 0 Å². The van der Waals surface area contributed by atoms with E-state index in [2.05, 4.69) is 21.2 Å². The van der Waals surface area contributed by atoms with Crippen LogP contribution in [0.25, 0.3) is 0 Å². The van der Waals surface area contributed by atoms with E-state index in [1.807, 2.05) is 12.1 Å². The van der Waals surface area contributed by atoms with Gasteiger partial charge in [0.25, 0.3) is 5.91 Å². The van der Waals surface area contributed by atoms with Gasteiger partial charge in [0, 0.05) is 10.5 Å². The predicted octanol–water partition coefficient (Wildman–Crippen LogP) is 3.58. The van der Waals surface area contributed by atoms with Crippen molar-refractivity contribution in [3.05, 3.63) is 27.7 Å². The van der Waals surface area contributed by atoms with E-state index in [-0.39, 0.29) is 24.3 Å². The van der Waals surface area contributed by atoms with Gasteiger partial charge >= 0.3 is 0 Å². The van der Waals surface area contributed by atoms with Gasteiger partial charge in [-0.05, 0) is 31.0 Å². The highest BCUT2D eigenvalue weighted by Gasteiger charge is 2.43. The smallest absolute Gasteiger partial charge is 0.252 e. The van der Waals surface area contributed by atoms with E-state index in [9.17, 15) is 9.59 Å². The first kappa shape index (κ1) is 14.9. The normalized spacial score (nSPS) is 23.1. The van der Waals surface area contributed by atoms with Crippen molar-refractivity contribution < 1.29 is 9.59 Å². The Morgan fingerprint density at radius 2 is 1.95 bits per heavy atom. The Balaban J connectivity index is 1.75. The minimum absolute atomic E-state index is 0.0716. The van der Waals surface area contributed by atoms with Gasteiger partial charge in [-0.3, -0.25) is 14.5 Å². The molecule has 2 aliphatic rings. The van der Waals surface area contributed by atoms with Gasteiger partial charge < -0.3 is 5.32 Å². The number of imide groups is 1. The van der Waals surface area contributed by atoms with Gasteiger partial charge in [0.15, 0.2) is 0 Å². The van der Waals surface area contributed by atoms with E-state index in [0.29, 0.717) is 10.7 Å². The SMILES string of the molecule is O=C1CC(Nc2ccc(Br)cc2Cl)C(=O)N1C1CCCC1. The third kappa shape index (κ3) is 2.94. The molecular weight excluding hydrogens is 356 g/mol. The number of hydrogen-bond donors (Lipinski definition) is 1. The van der Waals surface area contributed by atoms with Crippen LogP contribution >= 0.6 is 27.5 Å². The van der Waals surface area contributed by atoms with Gasteiger partial charge in [0.2, 0.25) is 5.91 Å². The average molecular weight is 372 g/mol. The molecule has 1 saturated carbocycles. The Morgan fingerprint density at radius 3 is 2.62 bits per heavy atom. The van der Waals surface area contributed by atoms with Gasteiger partial charge in [-0.15, -0.1) is 0 Å². The predicted molar refractivity (Wildman–Crippen MR) is 85.3 cm³/mol. The molecule has 0 aromatic heterocycles. The maximum atomic E-state index is 12.5. The number of amides is 2. The van der Waals surface area contributed by atoms with Crippen molar-refractivity contribution in [3.8, 4) is 0 Å². The lowest BCUT2D eigenvalue weighted by Gasteiger charge is -2.22. The molecule has 1 unspecified atom stereocenters. The summed E-state index contributed by atoms with van der Waals surface area (Å²) in [5.74, 6) is -0.191. The Labute approximate surface area is 137 Å². The quantitative estimate of drug-likeness (QED) is 0.826. The molecule has 4 nitrogen and oxygen atoms in total. The highest BCUT2D eigenvalue weighted by Crippen LogP contribution is 2.31. The number of nitrogens with zero attached hydrogens (tertiary/aromatic N) is 1. The molecule has 2 fully saturated rings. The number of nitrogens with one attached hydrogen (secondary N) is 1. The Morgan fingerprint density at radius 1 is 1.24 bits per heavy atom. The molecule has 1 aliphatic heterocycles. The van der Waals surface area contributed by atoms with Crippen LogP contribution in [0.3, 0.4) is 0 Å². The maximum absolute atomic E-state index is 12.5. The molecule has 1 saturated heterocycles. The second-order valence-corrected chi connectivity index (χ2v) is 6.89. The van der Waals surface area contributed by atoms with Crippen LogP contribution < -0.4 is 5.32 Å². The molecule has 1 N–H and O–H groups in total. The van der Waals surface area contributed by atoms with Crippen LogP contribution in [0.2, 0.25) is 5.02 Å². The van der Waals surface area contributed by atoms with E-state index in [1.165, 1.54) is 4.90 Å². The fraction of sp³-hybridized carbons (Fsp3) is 0.467. The van der Waals surface area contributed by atoms with Crippen molar-refractivity contribution in [2.45, 2.75) is 44.2 Å². The minimum Gasteiger partial charge on any atom is -0.372 e. The van der Waals surface area contributed by atoms with Crippen molar-refractivity contribution in [1.82, 2.24) is 4.90 Å². The van der Waals surface area contributed by atoms with E-state index < -0.39 is 6.04 Å². The molecular formula is C15H16BrClN2O2. The first-order valence-electron chi connectivity index (χ1n) is 7.14. The van der Waals surface area contributed by atoms with Gasteiger partial charge in [0.1, 0.15) is 6.04 Å². The summed E-state index contributed by atoms with van der Waals surface area (Å²) in [5.41, 5.74) is 0.680. The molecule has 6 heteroatoms. The molecule has 2 amide bonds. The molecule has 1 aromatic carbocycles. The van der Waals surface area contributed by atoms with Gasteiger partial charge in [-0.25, -0.2) is 0 Å². The zero-order valence-electron chi connectivity index (χ0n) is 11.4. The standard InChI is InChI=1S/C15H16BrClN2O2/c16-9-5-6-12(11(17)7-9)18-13-8-14(20)19(15(13)21)10-3-1-2-4-10/h5-7,10,13,18H,1-4,8H2. The van der Waals surface area contributed by atoms with Crippen LogP contribution in [0.4, 0.5) is 5.69 Å². The van der Waals surface area contributed by atoms with Gasteiger partial charge in [-0.2, -0.15) is 0 Å². The lowest BCUT2D eigenvalue weighted by atomic mass is 10.2.